The van der Waals surface area contributed by atoms with Gasteiger partial charge in [-0.3, -0.25) is 9.59 Å². The lowest BCUT2D eigenvalue weighted by Crippen LogP contribution is -2.41. The molecule has 4 nitrogen and oxygen atoms in total. The first-order valence-corrected chi connectivity index (χ1v) is 7.78. The molecule has 2 aromatic rings. The lowest BCUT2D eigenvalue weighted by atomic mass is 9.88. The SMILES string of the molecule is CCN1C(=O)[C@@](O)(CC(=O)c2ccccc2Cl)c2ccccc21. The van der Waals surface area contributed by atoms with Gasteiger partial charge in [-0.2, -0.15) is 0 Å². The van der Waals surface area contributed by atoms with Gasteiger partial charge in [-0.05, 0) is 25.1 Å². The van der Waals surface area contributed by atoms with E-state index in [1.165, 1.54) is 4.90 Å². The van der Waals surface area contributed by atoms with Gasteiger partial charge >= 0.3 is 0 Å². The Kier molecular flexibility index (Phi) is 3.96. The largest absolute Gasteiger partial charge is 0.375 e. The number of ketones is 1. The fourth-order valence-electron chi connectivity index (χ4n) is 3.01. The molecule has 0 saturated carbocycles. The minimum atomic E-state index is -1.84. The van der Waals surface area contributed by atoms with E-state index in [1.54, 1.807) is 48.5 Å². The predicted molar refractivity (Wildman–Crippen MR) is 88.8 cm³/mol. The van der Waals surface area contributed by atoms with E-state index in [2.05, 4.69) is 0 Å². The fraction of sp³-hybridized carbons (Fsp3) is 0.222. The summed E-state index contributed by atoms with van der Waals surface area (Å²) in [6, 6.07) is 13.6. The minimum Gasteiger partial charge on any atom is -0.375 e. The molecule has 0 bridgehead atoms. The summed E-state index contributed by atoms with van der Waals surface area (Å²) in [6.45, 7) is 2.26. The standard InChI is InChI=1S/C18H16ClNO3/c1-2-20-15-10-6-4-8-13(15)18(23,17(20)22)11-16(21)12-7-3-5-9-14(12)19/h3-10,23H,2,11H2,1H3/t18-/m1/s1. The summed E-state index contributed by atoms with van der Waals surface area (Å²) in [5.74, 6) is -0.833. The number of likely N-dealkylation sites (N-methyl/N-ethyl adjacent to an activating group) is 1. The van der Waals surface area contributed by atoms with E-state index in [-0.39, 0.29) is 12.2 Å². The number of Topliss-reactive ketones (excluding diaryl/α,β-unsaturated/α-hetero) is 1. The van der Waals surface area contributed by atoms with Gasteiger partial charge in [0, 0.05) is 17.7 Å². The van der Waals surface area contributed by atoms with Gasteiger partial charge in [0.25, 0.3) is 5.91 Å². The predicted octanol–water partition coefficient (Wildman–Crippen LogP) is 3.17. The summed E-state index contributed by atoms with van der Waals surface area (Å²) in [5.41, 5.74) is -0.424. The monoisotopic (exact) mass is 329 g/mol. The topological polar surface area (TPSA) is 57.6 Å². The van der Waals surface area contributed by atoms with E-state index in [0.29, 0.717) is 28.4 Å². The van der Waals surface area contributed by atoms with Crippen LogP contribution in [0.15, 0.2) is 48.5 Å². The molecule has 0 aromatic heterocycles. The number of anilines is 1. The third-order valence-corrected chi connectivity index (χ3v) is 4.48. The van der Waals surface area contributed by atoms with Crippen LogP contribution in [0.1, 0.15) is 29.3 Å². The van der Waals surface area contributed by atoms with Crippen LogP contribution >= 0.6 is 11.6 Å². The van der Waals surface area contributed by atoms with Gasteiger partial charge in [-0.25, -0.2) is 0 Å². The molecule has 1 N–H and O–H groups in total. The lowest BCUT2D eigenvalue weighted by molar-refractivity contribution is -0.135. The van der Waals surface area contributed by atoms with Gasteiger partial charge in [0.15, 0.2) is 11.4 Å². The quantitative estimate of drug-likeness (QED) is 0.876. The van der Waals surface area contributed by atoms with Crippen LogP contribution in [0.4, 0.5) is 5.69 Å². The molecule has 118 valence electrons. The van der Waals surface area contributed by atoms with Crippen molar-refractivity contribution in [2.45, 2.75) is 18.9 Å². The molecule has 0 aliphatic carbocycles. The minimum absolute atomic E-state index is 0.308. The molecular formula is C18H16ClNO3. The van der Waals surface area contributed by atoms with E-state index < -0.39 is 11.5 Å². The highest BCUT2D eigenvalue weighted by Crippen LogP contribution is 2.42. The molecule has 23 heavy (non-hydrogen) atoms. The first-order chi connectivity index (χ1) is 11.0. The van der Waals surface area contributed by atoms with Crippen LogP contribution in [-0.4, -0.2) is 23.3 Å². The Morgan fingerprint density at radius 3 is 2.52 bits per heavy atom. The molecule has 0 fully saturated rings. The summed E-state index contributed by atoms with van der Waals surface area (Å²) in [7, 11) is 0. The number of hydrogen-bond donors (Lipinski definition) is 1. The Hall–Kier alpha value is -2.17. The van der Waals surface area contributed by atoms with Crippen molar-refractivity contribution in [3.63, 3.8) is 0 Å². The van der Waals surface area contributed by atoms with Crippen LogP contribution in [0.2, 0.25) is 5.02 Å². The van der Waals surface area contributed by atoms with Crippen molar-refractivity contribution in [2.75, 3.05) is 11.4 Å². The summed E-state index contributed by atoms with van der Waals surface area (Å²) < 4.78 is 0. The van der Waals surface area contributed by atoms with Gasteiger partial charge in [0.05, 0.1) is 17.1 Å². The second kappa shape index (κ2) is 5.80. The maximum Gasteiger partial charge on any atom is 0.264 e. The highest BCUT2D eigenvalue weighted by molar-refractivity contribution is 6.34. The average Bonchev–Trinajstić information content (AvgIpc) is 2.76. The van der Waals surface area contributed by atoms with Crippen LogP contribution in [-0.2, 0) is 10.4 Å². The number of benzene rings is 2. The summed E-state index contributed by atoms with van der Waals surface area (Å²) in [5, 5.41) is 11.3. The van der Waals surface area contributed by atoms with Gasteiger partial charge < -0.3 is 10.0 Å². The second-order valence-electron chi connectivity index (χ2n) is 5.51. The molecule has 3 rings (SSSR count). The van der Waals surface area contributed by atoms with Crippen LogP contribution in [0.25, 0.3) is 0 Å². The number of halogens is 1. The normalized spacial score (nSPS) is 19.8. The van der Waals surface area contributed by atoms with Crippen LogP contribution < -0.4 is 4.90 Å². The zero-order valence-corrected chi connectivity index (χ0v) is 13.4. The molecular weight excluding hydrogens is 314 g/mol. The molecule has 1 aliphatic heterocycles. The smallest absolute Gasteiger partial charge is 0.264 e. The molecule has 1 atom stereocenters. The van der Waals surface area contributed by atoms with E-state index >= 15 is 0 Å². The third kappa shape index (κ3) is 2.44. The Bertz CT molecular complexity index is 789. The zero-order chi connectivity index (χ0) is 16.6. The van der Waals surface area contributed by atoms with Gasteiger partial charge in [0.2, 0.25) is 0 Å². The Morgan fingerprint density at radius 2 is 1.83 bits per heavy atom. The molecule has 0 saturated heterocycles. The molecule has 0 spiro atoms. The number of para-hydroxylation sites is 1. The molecule has 0 unspecified atom stereocenters. The van der Waals surface area contributed by atoms with Gasteiger partial charge in [0.1, 0.15) is 0 Å². The fourth-order valence-corrected chi connectivity index (χ4v) is 3.25. The molecule has 1 amide bonds. The highest BCUT2D eigenvalue weighted by atomic mass is 35.5. The van der Waals surface area contributed by atoms with E-state index in [4.69, 9.17) is 11.6 Å². The van der Waals surface area contributed by atoms with Crippen molar-refractivity contribution in [3.8, 4) is 0 Å². The Labute approximate surface area is 139 Å². The maximum absolute atomic E-state index is 12.7. The second-order valence-corrected chi connectivity index (χ2v) is 5.91. The molecule has 1 aliphatic rings. The zero-order valence-electron chi connectivity index (χ0n) is 12.6. The Morgan fingerprint density at radius 1 is 1.17 bits per heavy atom. The van der Waals surface area contributed by atoms with Gasteiger partial charge in [-0.1, -0.05) is 41.9 Å². The van der Waals surface area contributed by atoms with Crippen LogP contribution in [0.5, 0.6) is 0 Å². The molecule has 0 radical (unpaired) electrons. The Balaban J connectivity index is 2.00. The number of aliphatic hydroxyl groups is 1. The van der Waals surface area contributed by atoms with Crippen molar-refractivity contribution in [1.29, 1.82) is 0 Å². The van der Waals surface area contributed by atoms with Crippen molar-refractivity contribution < 1.29 is 14.7 Å². The number of fused-ring (bicyclic) bond motifs is 1. The van der Waals surface area contributed by atoms with Gasteiger partial charge in [-0.15, -0.1) is 0 Å². The van der Waals surface area contributed by atoms with E-state index in [1.807, 2.05) is 6.92 Å². The summed E-state index contributed by atoms with van der Waals surface area (Å²) in [6.07, 6.45) is -0.330. The lowest BCUT2D eigenvalue weighted by Gasteiger charge is -2.22. The van der Waals surface area contributed by atoms with E-state index in [9.17, 15) is 14.7 Å². The third-order valence-electron chi connectivity index (χ3n) is 4.15. The number of carbonyl (C=O) groups excluding carboxylic acids is 2. The summed E-state index contributed by atoms with van der Waals surface area (Å²) >= 11 is 6.04. The number of nitrogens with zero attached hydrogens (tertiary/aromatic N) is 1. The molecule has 1 heterocycles. The van der Waals surface area contributed by atoms with Crippen molar-refractivity contribution >= 4 is 29.0 Å². The number of rotatable bonds is 4. The van der Waals surface area contributed by atoms with Crippen LogP contribution in [0, 0.1) is 0 Å². The van der Waals surface area contributed by atoms with Crippen molar-refractivity contribution in [3.05, 3.63) is 64.7 Å². The number of amides is 1. The molecule has 2 aromatic carbocycles. The summed E-state index contributed by atoms with van der Waals surface area (Å²) in [4.78, 5) is 26.7. The molecule has 5 heteroatoms. The first kappa shape index (κ1) is 15.7. The number of hydrogen-bond acceptors (Lipinski definition) is 3. The first-order valence-electron chi connectivity index (χ1n) is 7.40. The average molecular weight is 330 g/mol. The van der Waals surface area contributed by atoms with Crippen molar-refractivity contribution in [1.82, 2.24) is 0 Å². The highest BCUT2D eigenvalue weighted by Gasteiger charge is 2.50. The maximum atomic E-state index is 12.7. The van der Waals surface area contributed by atoms with E-state index in [0.717, 1.165) is 0 Å². The van der Waals surface area contributed by atoms with Crippen molar-refractivity contribution in [2.24, 2.45) is 0 Å². The number of carbonyl (C=O) groups is 2. The van der Waals surface area contributed by atoms with Crippen LogP contribution in [0.3, 0.4) is 0 Å².